The number of carbonyl (C=O) groups is 1. The van der Waals surface area contributed by atoms with Gasteiger partial charge in [-0.15, -0.1) is 0 Å². The minimum Gasteiger partial charge on any atom is -0.481 e. The van der Waals surface area contributed by atoms with E-state index >= 15 is 0 Å². The second kappa shape index (κ2) is 8.93. The first-order chi connectivity index (χ1) is 15.0. The molecule has 0 unspecified atom stereocenters. The number of aliphatic carboxylic acids is 1. The number of nitrogens with zero attached hydrogens (tertiary/aromatic N) is 3. The lowest BCUT2D eigenvalue weighted by atomic mass is 9.78. The van der Waals surface area contributed by atoms with Crippen molar-refractivity contribution in [2.45, 2.75) is 32.4 Å². The molecule has 1 aromatic carbocycles. The zero-order valence-electron chi connectivity index (χ0n) is 17.7. The maximum atomic E-state index is 12.1. The van der Waals surface area contributed by atoms with Crippen LogP contribution in [-0.2, 0) is 24.3 Å². The Kier molecular flexibility index (Phi) is 6.08. The van der Waals surface area contributed by atoms with E-state index in [9.17, 15) is 9.90 Å². The minimum absolute atomic E-state index is 0.107. The molecule has 1 aromatic heterocycles. The molecule has 0 aliphatic carbocycles. The summed E-state index contributed by atoms with van der Waals surface area (Å²) in [6.45, 7) is 3.94. The number of piperidine rings is 1. The summed E-state index contributed by atoms with van der Waals surface area (Å²) in [4.78, 5) is 20.3. The Morgan fingerprint density at radius 2 is 1.90 bits per heavy atom. The van der Waals surface area contributed by atoms with Crippen molar-refractivity contribution in [2.75, 3.05) is 31.1 Å². The van der Waals surface area contributed by atoms with Crippen molar-refractivity contribution < 1.29 is 9.90 Å². The first-order valence-corrected chi connectivity index (χ1v) is 10.8. The SMILES string of the molecule is N=C(N)N1CCc2ccc(CNCC3(C(=O)O)CCN(c4ccncc4)CC3)cc2C1. The maximum absolute atomic E-state index is 12.1. The number of anilines is 1. The van der Waals surface area contributed by atoms with Crippen molar-refractivity contribution in [1.82, 2.24) is 15.2 Å². The zero-order valence-corrected chi connectivity index (χ0v) is 17.7. The summed E-state index contributed by atoms with van der Waals surface area (Å²) in [6, 6.07) is 10.3. The standard InChI is InChI=1S/C23H30N6O2/c24-22(25)29-10-5-18-2-1-17(13-19(18)15-29)14-27-16-23(21(30)31)6-11-28(12-7-23)20-3-8-26-9-4-20/h1-4,8-9,13,27H,5-7,10-12,14-16H2,(H3,24,25)(H,30,31). The van der Waals surface area contributed by atoms with Gasteiger partial charge in [0, 0.05) is 57.3 Å². The van der Waals surface area contributed by atoms with E-state index in [1.54, 1.807) is 12.4 Å². The van der Waals surface area contributed by atoms with Gasteiger partial charge in [-0.05, 0) is 48.1 Å². The van der Waals surface area contributed by atoms with Crippen LogP contribution < -0.4 is 16.0 Å². The number of hydrogen-bond acceptors (Lipinski definition) is 5. The number of guanidine groups is 1. The lowest BCUT2D eigenvalue weighted by molar-refractivity contribution is -0.150. The Morgan fingerprint density at radius 1 is 1.16 bits per heavy atom. The molecule has 5 N–H and O–H groups in total. The summed E-state index contributed by atoms with van der Waals surface area (Å²) in [7, 11) is 0. The van der Waals surface area contributed by atoms with Gasteiger partial charge in [0.15, 0.2) is 5.96 Å². The predicted octanol–water partition coefficient (Wildman–Crippen LogP) is 1.79. The fourth-order valence-electron chi connectivity index (χ4n) is 4.59. The van der Waals surface area contributed by atoms with Crippen molar-refractivity contribution in [1.29, 1.82) is 5.41 Å². The largest absolute Gasteiger partial charge is 0.481 e. The number of carboxylic acids is 1. The number of carboxylic acid groups (broad SMARTS) is 1. The molecule has 0 radical (unpaired) electrons. The van der Waals surface area contributed by atoms with E-state index in [0.717, 1.165) is 37.3 Å². The van der Waals surface area contributed by atoms with Crippen LogP contribution in [0.3, 0.4) is 0 Å². The number of benzene rings is 1. The number of fused-ring (bicyclic) bond motifs is 1. The maximum Gasteiger partial charge on any atom is 0.311 e. The lowest BCUT2D eigenvalue weighted by Crippen LogP contribution is -2.49. The molecular formula is C23H30N6O2. The summed E-state index contributed by atoms with van der Waals surface area (Å²) in [5, 5.41) is 21.0. The van der Waals surface area contributed by atoms with Gasteiger partial charge in [-0.1, -0.05) is 18.2 Å². The second-order valence-electron chi connectivity index (χ2n) is 8.54. The number of aromatic nitrogens is 1. The average molecular weight is 423 g/mol. The number of hydrogen-bond donors (Lipinski definition) is 4. The third-order valence-corrected chi connectivity index (χ3v) is 6.62. The first kappa shape index (κ1) is 21.1. The van der Waals surface area contributed by atoms with Crippen molar-refractivity contribution in [3.63, 3.8) is 0 Å². The third-order valence-electron chi connectivity index (χ3n) is 6.62. The lowest BCUT2D eigenvalue weighted by Gasteiger charge is -2.40. The Morgan fingerprint density at radius 3 is 2.58 bits per heavy atom. The van der Waals surface area contributed by atoms with E-state index in [2.05, 4.69) is 33.4 Å². The molecule has 4 rings (SSSR count). The Bertz CT molecular complexity index is 940. The van der Waals surface area contributed by atoms with Crippen molar-refractivity contribution in [3.05, 3.63) is 59.4 Å². The van der Waals surface area contributed by atoms with Gasteiger partial charge in [0.2, 0.25) is 0 Å². The normalized spacial score (nSPS) is 17.8. The van der Waals surface area contributed by atoms with E-state index in [-0.39, 0.29) is 5.96 Å². The molecule has 2 aliphatic rings. The monoisotopic (exact) mass is 422 g/mol. The van der Waals surface area contributed by atoms with E-state index in [1.807, 2.05) is 17.0 Å². The van der Waals surface area contributed by atoms with Gasteiger partial charge in [-0.2, -0.15) is 0 Å². The van der Waals surface area contributed by atoms with E-state index < -0.39 is 11.4 Å². The van der Waals surface area contributed by atoms with Crippen molar-refractivity contribution in [2.24, 2.45) is 11.1 Å². The molecule has 31 heavy (non-hydrogen) atoms. The molecule has 8 nitrogen and oxygen atoms in total. The van der Waals surface area contributed by atoms with Crippen LogP contribution in [0.15, 0.2) is 42.7 Å². The fourth-order valence-corrected chi connectivity index (χ4v) is 4.59. The molecule has 164 valence electrons. The highest BCUT2D eigenvalue weighted by Gasteiger charge is 2.41. The molecule has 0 amide bonds. The molecule has 0 spiro atoms. The quantitative estimate of drug-likeness (QED) is 0.414. The second-order valence-corrected chi connectivity index (χ2v) is 8.54. The number of pyridine rings is 1. The minimum atomic E-state index is -0.747. The Hall–Kier alpha value is -3.13. The Balaban J connectivity index is 1.35. The van der Waals surface area contributed by atoms with Crippen LogP contribution in [0.2, 0.25) is 0 Å². The first-order valence-electron chi connectivity index (χ1n) is 10.8. The van der Waals surface area contributed by atoms with Crippen molar-refractivity contribution in [3.8, 4) is 0 Å². The summed E-state index contributed by atoms with van der Waals surface area (Å²) < 4.78 is 0. The van der Waals surface area contributed by atoms with Gasteiger partial charge in [0.05, 0.1) is 5.41 Å². The molecule has 2 aliphatic heterocycles. The highest BCUT2D eigenvalue weighted by molar-refractivity contribution is 5.76. The van der Waals surface area contributed by atoms with Gasteiger partial charge in [-0.3, -0.25) is 15.2 Å². The smallest absolute Gasteiger partial charge is 0.311 e. The summed E-state index contributed by atoms with van der Waals surface area (Å²) in [5.41, 5.74) is 9.61. The van der Waals surface area contributed by atoms with Gasteiger partial charge in [-0.25, -0.2) is 0 Å². The molecular weight excluding hydrogens is 392 g/mol. The van der Waals surface area contributed by atoms with Crippen LogP contribution in [-0.4, -0.2) is 53.1 Å². The van der Waals surface area contributed by atoms with Gasteiger partial charge < -0.3 is 26.0 Å². The predicted molar refractivity (Wildman–Crippen MR) is 120 cm³/mol. The highest BCUT2D eigenvalue weighted by Crippen LogP contribution is 2.33. The molecule has 1 saturated heterocycles. The van der Waals surface area contributed by atoms with Crippen LogP contribution in [0.4, 0.5) is 5.69 Å². The fraction of sp³-hybridized carbons (Fsp3) is 0.435. The molecule has 2 aromatic rings. The highest BCUT2D eigenvalue weighted by atomic mass is 16.4. The van der Waals surface area contributed by atoms with E-state index in [4.69, 9.17) is 11.1 Å². The van der Waals surface area contributed by atoms with Crippen LogP contribution in [0.1, 0.15) is 29.5 Å². The summed E-state index contributed by atoms with van der Waals surface area (Å²) in [6.07, 6.45) is 5.64. The number of rotatable bonds is 6. The van der Waals surface area contributed by atoms with E-state index in [0.29, 0.717) is 32.5 Å². The molecule has 0 atom stereocenters. The summed E-state index contributed by atoms with van der Waals surface area (Å²) >= 11 is 0. The molecule has 3 heterocycles. The third kappa shape index (κ3) is 4.64. The van der Waals surface area contributed by atoms with Gasteiger partial charge >= 0.3 is 5.97 Å². The number of nitrogens with two attached hydrogens (primary N) is 1. The molecule has 0 saturated carbocycles. The number of nitrogens with one attached hydrogen (secondary N) is 2. The van der Waals surface area contributed by atoms with Crippen LogP contribution in [0, 0.1) is 10.8 Å². The average Bonchev–Trinajstić information content (AvgIpc) is 2.79. The molecule has 8 heteroatoms. The van der Waals surface area contributed by atoms with Crippen LogP contribution in [0.5, 0.6) is 0 Å². The molecule has 1 fully saturated rings. The topological polar surface area (TPSA) is 119 Å². The zero-order chi connectivity index (χ0) is 21.8. The van der Waals surface area contributed by atoms with E-state index in [1.165, 1.54) is 11.1 Å². The van der Waals surface area contributed by atoms with Crippen molar-refractivity contribution >= 4 is 17.6 Å². The Labute approximate surface area is 182 Å². The van der Waals surface area contributed by atoms with Crippen LogP contribution >= 0.6 is 0 Å². The van der Waals surface area contributed by atoms with Gasteiger partial charge in [0.1, 0.15) is 0 Å². The molecule has 0 bridgehead atoms. The van der Waals surface area contributed by atoms with Crippen LogP contribution in [0.25, 0.3) is 0 Å². The summed E-state index contributed by atoms with van der Waals surface area (Å²) in [5.74, 6) is -0.618. The van der Waals surface area contributed by atoms with Gasteiger partial charge in [0.25, 0.3) is 0 Å².